The van der Waals surface area contributed by atoms with E-state index in [0.29, 0.717) is 12.2 Å². The van der Waals surface area contributed by atoms with E-state index in [1.54, 1.807) is 23.5 Å². The molecule has 1 aromatic carbocycles. The summed E-state index contributed by atoms with van der Waals surface area (Å²) in [6.07, 6.45) is 0.735. The Morgan fingerprint density at radius 1 is 1.42 bits per heavy atom. The number of carbonyl (C=O) groups is 2. The number of hydrogen-bond donors (Lipinski definition) is 2. The Hall–Kier alpha value is -1.40. The number of quaternary nitrogens is 1. The number of carboxylic acids is 1. The van der Waals surface area contributed by atoms with Crippen molar-refractivity contribution in [3.05, 3.63) is 28.7 Å². The first-order chi connectivity index (χ1) is 9.04. The zero-order valence-electron chi connectivity index (χ0n) is 10.7. The van der Waals surface area contributed by atoms with Gasteiger partial charge in [-0.2, -0.15) is 0 Å². The first kappa shape index (κ1) is 15.7. The summed E-state index contributed by atoms with van der Waals surface area (Å²) in [4.78, 5) is 22.7. The summed E-state index contributed by atoms with van der Waals surface area (Å²) >= 11 is 3.31. The highest BCUT2D eigenvalue weighted by molar-refractivity contribution is 9.10. The molecule has 0 aliphatic carbocycles. The molecular weight excluding hydrogens is 312 g/mol. The molecule has 3 N–H and O–H groups in total. The molecule has 0 aliphatic rings. The fourth-order valence-corrected chi connectivity index (χ4v) is 1.98. The molecule has 1 aromatic rings. The van der Waals surface area contributed by atoms with Crippen molar-refractivity contribution in [3.8, 4) is 0 Å². The van der Waals surface area contributed by atoms with Crippen LogP contribution in [0.1, 0.15) is 19.8 Å². The van der Waals surface area contributed by atoms with Gasteiger partial charge >= 0.3 is 0 Å². The van der Waals surface area contributed by atoms with Gasteiger partial charge in [-0.15, -0.1) is 0 Å². The number of halogens is 1. The smallest absolute Gasteiger partial charge is 0.230 e. The van der Waals surface area contributed by atoms with E-state index >= 15 is 0 Å². The molecule has 0 radical (unpaired) electrons. The van der Waals surface area contributed by atoms with Gasteiger partial charge in [0, 0.05) is 4.47 Å². The maximum Gasteiger partial charge on any atom is 0.230 e. The molecule has 5 nitrogen and oxygen atoms in total. The van der Waals surface area contributed by atoms with Crippen molar-refractivity contribution < 1.29 is 20.0 Å². The van der Waals surface area contributed by atoms with Crippen molar-refractivity contribution in [2.75, 3.05) is 11.9 Å². The van der Waals surface area contributed by atoms with Crippen molar-refractivity contribution in [3.63, 3.8) is 0 Å². The highest BCUT2D eigenvalue weighted by Gasteiger charge is 2.18. The van der Waals surface area contributed by atoms with Crippen LogP contribution in [-0.4, -0.2) is 24.5 Å². The van der Waals surface area contributed by atoms with Crippen LogP contribution in [0.5, 0.6) is 0 Å². The van der Waals surface area contributed by atoms with Gasteiger partial charge in [-0.05, 0) is 34.5 Å². The topological polar surface area (TPSA) is 85.8 Å². The number of benzene rings is 1. The molecule has 6 heteroatoms. The Labute approximate surface area is 120 Å². The van der Waals surface area contributed by atoms with Crippen molar-refractivity contribution in [2.24, 2.45) is 0 Å². The third-order valence-electron chi connectivity index (χ3n) is 2.60. The van der Waals surface area contributed by atoms with Crippen LogP contribution < -0.4 is 15.7 Å². The molecule has 104 valence electrons. The number of carbonyl (C=O) groups excluding carboxylic acids is 2. The predicted molar refractivity (Wildman–Crippen MR) is 73.3 cm³/mol. The van der Waals surface area contributed by atoms with E-state index in [2.05, 4.69) is 21.2 Å². The first-order valence-corrected chi connectivity index (χ1v) is 6.92. The molecule has 0 fully saturated rings. The van der Waals surface area contributed by atoms with E-state index in [1.165, 1.54) is 0 Å². The van der Waals surface area contributed by atoms with Gasteiger partial charge in [-0.3, -0.25) is 4.79 Å². The fraction of sp³-hybridized carbons (Fsp3) is 0.385. The third kappa shape index (κ3) is 5.40. The lowest BCUT2D eigenvalue weighted by Crippen LogP contribution is -2.93. The van der Waals surface area contributed by atoms with Gasteiger partial charge in [0.2, 0.25) is 5.91 Å². The van der Waals surface area contributed by atoms with Crippen LogP contribution >= 0.6 is 15.9 Å². The largest absolute Gasteiger partial charge is 0.544 e. The molecule has 0 aliphatic heterocycles. The maximum atomic E-state index is 11.8. The maximum absolute atomic E-state index is 11.8. The number of carboxylic acid groups (broad SMARTS) is 1. The number of para-hydroxylation sites is 1. The van der Waals surface area contributed by atoms with E-state index in [0.717, 1.165) is 10.9 Å². The fourth-order valence-electron chi connectivity index (χ4n) is 1.59. The third-order valence-corrected chi connectivity index (χ3v) is 3.29. The van der Waals surface area contributed by atoms with E-state index in [1.807, 2.05) is 13.0 Å². The number of anilines is 1. The van der Waals surface area contributed by atoms with Crippen LogP contribution in [0.4, 0.5) is 5.69 Å². The lowest BCUT2D eigenvalue weighted by Gasteiger charge is -2.16. The lowest BCUT2D eigenvalue weighted by molar-refractivity contribution is -0.682. The zero-order valence-corrected chi connectivity index (χ0v) is 12.3. The highest BCUT2D eigenvalue weighted by atomic mass is 79.9. The minimum atomic E-state index is -1.21. The second-order valence-corrected chi connectivity index (χ2v) is 5.04. The van der Waals surface area contributed by atoms with E-state index in [4.69, 9.17) is 0 Å². The van der Waals surface area contributed by atoms with E-state index < -0.39 is 12.0 Å². The van der Waals surface area contributed by atoms with E-state index in [-0.39, 0.29) is 12.3 Å². The molecule has 19 heavy (non-hydrogen) atoms. The van der Waals surface area contributed by atoms with Gasteiger partial charge in [0.05, 0.1) is 24.6 Å². The number of hydrogen-bond acceptors (Lipinski definition) is 3. The molecule has 0 saturated carbocycles. The first-order valence-electron chi connectivity index (χ1n) is 6.13. The average Bonchev–Trinajstić information content (AvgIpc) is 2.37. The van der Waals surface area contributed by atoms with Gasteiger partial charge in [-0.1, -0.05) is 19.1 Å². The van der Waals surface area contributed by atoms with Gasteiger partial charge in [0.25, 0.3) is 0 Å². The Balaban J connectivity index is 2.58. The minimum Gasteiger partial charge on any atom is -0.544 e. The number of aliphatic carboxylic acids is 1. The zero-order chi connectivity index (χ0) is 14.3. The van der Waals surface area contributed by atoms with Crippen LogP contribution in [0.25, 0.3) is 0 Å². The van der Waals surface area contributed by atoms with Crippen molar-refractivity contribution >= 4 is 33.5 Å². The number of nitrogens with two attached hydrogens (primary N) is 1. The Bertz CT molecular complexity index is 451. The summed E-state index contributed by atoms with van der Waals surface area (Å²) in [6, 6.07) is 6.32. The van der Waals surface area contributed by atoms with Crippen LogP contribution in [0.15, 0.2) is 28.7 Å². The second-order valence-electron chi connectivity index (χ2n) is 4.18. The molecule has 1 amide bonds. The number of rotatable bonds is 7. The summed E-state index contributed by atoms with van der Waals surface area (Å²) in [5, 5.41) is 15.2. The molecule has 0 spiro atoms. The highest BCUT2D eigenvalue weighted by Crippen LogP contribution is 2.21. The van der Waals surface area contributed by atoms with Gasteiger partial charge in [0.1, 0.15) is 6.04 Å². The summed E-state index contributed by atoms with van der Waals surface area (Å²) < 4.78 is 0.755. The molecule has 1 atom stereocenters. The monoisotopic (exact) mass is 328 g/mol. The Kier molecular flexibility index (Phi) is 6.52. The molecule has 0 saturated heterocycles. The molecule has 0 bridgehead atoms. The summed E-state index contributed by atoms with van der Waals surface area (Å²) in [5.74, 6) is -1.55. The van der Waals surface area contributed by atoms with Crippen LogP contribution in [0.2, 0.25) is 0 Å². The Morgan fingerprint density at radius 3 is 2.68 bits per heavy atom. The Morgan fingerprint density at radius 2 is 2.11 bits per heavy atom. The van der Waals surface area contributed by atoms with Gasteiger partial charge < -0.3 is 20.5 Å². The van der Waals surface area contributed by atoms with Crippen LogP contribution in [0.3, 0.4) is 0 Å². The molecule has 0 unspecified atom stereocenters. The number of nitrogens with one attached hydrogen (secondary N) is 1. The quantitative estimate of drug-likeness (QED) is 0.731. The van der Waals surface area contributed by atoms with E-state index in [9.17, 15) is 14.7 Å². The van der Waals surface area contributed by atoms with Crippen LogP contribution in [0, 0.1) is 0 Å². The SMILES string of the molecule is CCC[NH2+][C@H](CC(=O)Nc1ccccc1Br)C(=O)[O-]. The van der Waals surface area contributed by atoms with Crippen LogP contribution in [-0.2, 0) is 9.59 Å². The molecule has 1 rings (SSSR count). The van der Waals surface area contributed by atoms with Crippen molar-refractivity contribution in [1.82, 2.24) is 0 Å². The van der Waals surface area contributed by atoms with Gasteiger partial charge in [0.15, 0.2) is 0 Å². The van der Waals surface area contributed by atoms with Crippen molar-refractivity contribution in [1.29, 1.82) is 0 Å². The molecule has 0 heterocycles. The van der Waals surface area contributed by atoms with Gasteiger partial charge in [-0.25, -0.2) is 0 Å². The summed E-state index contributed by atoms with van der Waals surface area (Å²) in [7, 11) is 0. The summed E-state index contributed by atoms with van der Waals surface area (Å²) in [6.45, 7) is 2.60. The standard InChI is InChI=1S/C13H17BrN2O3/c1-2-7-15-11(13(18)19)8-12(17)16-10-6-4-3-5-9(10)14/h3-6,11,15H,2,7-8H2,1H3,(H,16,17)(H,18,19)/t11-/m1/s1. The second kappa shape index (κ2) is 7.91. The molecular formula is C13H17BrN2O3. The predicted octanol–water partition coefficient (Wildman–Crippen LogP) is -0.130. The average molecular weight is 329 g/mol. The molecule has 0 aromatic heterocycles. The lowest BCUT2D eigenvalue weighted by atomic mass is 10.2. The minimum absolute atomic E-state index is 0.107. The van der Waals surface area contributed by atoms with Crippen molar-refractivity contribution in [2.45, 2.75) is 25.8 Å². The number of amides is 1. The summed E-state index contributed by atoms with van der Waals surface area (Å²) in [5.41, 5.74) is 0.625. The normalized spacial score (nSPS) is 11.9.